The molecule has 0 unspecified atom stereocenters. The summed E-state index contributed by atoms with van der Waals surface area (Å²) in [6.07, 6.45) is 3.16. The van der Waals surface area contributed by atoms with Crippen molar-refractivity contribution in [2.75, 3.05) is 0 Å². The zero-order valence-electron chi connectivity index (χ0n) is 11.7. The minimum atomic E-state index is -0.278. The second-order valence-corrected chi connectivity index (χ2v) is 4.96. The lowest BCUT2D eigenvalue weighted by Gasteiger charge is -2.03. The first-order valence-corrected chi connectivity index (χ1v) is 6.73. The third-order valence-corrected chi connectivity index (χ3v) is 3.48. The number of aryl methyl sites for hydroxylation is 1. The van der Waals surface area contributed by atoms with Crippen molar-refractivity contribution in [2.24, 2.45) is 0 Å². The first-order valence-electron chi connectivity index (χ1n) is 6.73. The van der Waals surface area contributed by atoms with E-state index in [0.29, 0.717) is 5.71 Å². The van der Waals surface area contributed by atoms with E-state index in [4.69, 9.17) is 4.42 Å². The maximum absolute atomic E-state index is 13.1. The Balaban J connectivity index is 1.93. The Bertz CT molecular complexity index is 956. The highest BCUT2D eigenvalue weighted by Gasteiger charge is 2.16. The number of hydrogen-bond acceptors (Lipinski definition) is 4. The number of halogens is 1. The highest BCUT2D eigenvalue weighted by atomic mass is 19.1. The number of aromatic amines is 1. The van der Waals surface area contributed by atoms with E-state index >= 15 is 0 Å². The quantitative estimate of drug-likeness (QED) is 0.611. The number of benzene rings is 1. The zero-order valence-corrected chi connectivity index (χ0v) is 11.7. The van der Waals surface area contributed by atoms with Crippen molar-refractivity contribution in [2.45, 2.75) is 6.92 Å². The van der Waals surface area contributed by atoms with Crippen molar-refractivity contribution in [3.05, 3.63) is 54.4 Å². The van der Waals surface area contributed by atoms with Crippen LogP contribution < -0.4 is 0 Å². The number of aromatic nitrogens is 4. The molecule has 0 atom stereocenters. The summed E-state index contributed by atoms with van der Waals surface area (Å²) in [5.74, 6) is 0.489. The van der Waals surface area contributed by atoms with E-state index in [0.717, 1.165) is 33.7 Å². The molecule has 0 saturated heterocycles. The highest BCUT2D eigenvalue weighted by Crippen LogP contribution is 2.33. The standard InChI is InChI=1S/C16H11FN4O/c1-9-6-12-15(18-8-19-16(12)22-9)13-7-20-21-14(13)10-2-4-11(17)5-3-10/h2-8H,1H3,(H,20,21). The number of fused-ring (bicyclic) bond motifs is 1. The van der Waals surface area contributed by atoms with Gasteiger partial charge >= 0.3 is 0 Å². The summed E-state index contributed by atoms with van der Waals surface area (Å²) in [6.45, 7) is 1.86. The van der Waals surface area contributed by atoms with Gasteiger partial charge in [-0.15, -0.1) is 0 Å². The smallest absolute Gasteiger partial charge is 0.229 e. The minimum absolute atomic E-state index is 0.278. The lowest BCUT2D eigenvalue weighted by Crippen LogP contribution is -1.88. The van der Waals surface area contributed by atoms with Crippen LogP contribution in [-0.2, 0) is 0 Å². The average Bonchev–Trinajstić information content (AvgIpc) is 3.12. The van der Waals surface area contributed by atoms with Crippen LogP contribution in [0.25, 0.3) is 33.6 Å². The van der Waals surface area contributed by atoms with Gasteiger partial charge in [0.15, 0.2) is 0 Å². The van der Waals surface area contributed by atoms with Crippen LogP contribution >= 0.6 is 0 Å². The maximum atomic E-state index is 13.1. The topological polar surface area (TPSA) is 67.6 Å². The van der Waals surface area contributed by atoms with Gasteiger partial charge < -0.3 is 4.42 Å². The number of furan rings is 1. The predicted octanol–water partition coefficient (Wildman–Crippen LogP) is 3.73. The largest absolute Gasteiger partial charge is 0.443 e. The molecule has 0 radical (unpaired) electrons. The molecular weight excluding hydrogens is 283 g/mol. The molecule has 4 aromatic rings. The molecule has 0 spiro atoms. The van der Waals surface area contributed by atoms with Crippen molar-refractivity contribution in [1.29, 1.82) is 0 Å². The van der Waals surface area contributed by atoms with Gasteiger partial charge in [0.2, 0.25) is 5.71 Å². The van der Waals surface area contributed by atoms with Crippen LogP contribution in [0.5, 0.6) is 0 Å². The summed E-state index contributed by atoms with van der Waals surface area (Å²) in [6, 6.07) is 8.12. The van der Waals surface area contributed by atoms with Gasteiger partial charge in [0, 0.05) is 11.1 Å². The summed E-state index contributed by atoms with van der Waals surface area (Å²) in [7, 11) is 0. The van der Waals surface area contributed by atoms with Crippen LogP contribution in [0, 0.1) is 12.7 Å². The Morgan fingerprint density at radius 2 is 1.95 bits per heavy atom. The van der Waals surface area contributed by atoms with Crippen LogP contribution in [-0.4, -0.2) is 20.2 Å². The van der Waals surface area contributed by atoms with E-state index in [1.807, 2.05) is 13.0 Å². The van der Waals surface area contributed by atoms with Crippen LogP contribution in [0.4, 0.5) is 4.39 Å². The first-order chi connectivity index (χ1) is 10.7. The van der Waals surface area contributed by atoms with Crippen molar-refractivity contribution < 1.29 is 8.81 Å². The van der Waals surface area contributed by atoms with Gasteiger partial charge in [-0.3, -0.25) is 5.10 Å². The van der Waals surface area contributed by atoms with E-state index in [1.54, 1.807) is 18.3 Å². The number of nitrogens with zero attached hydrogens (tertiary/aromatic N) is 3. The number of H-pyrrole nitrogens is 1. The molecule has 0 bridgehead atoms. The summed E-state index contributed by atoms with van der Waals surface area (Å²) >= 11 is 0. The fraction of sp³-hybridized carbons (Fsp3) is 0.0625. The number of nitrogens with one attached hydrogen (secondary N) is 1. The van der Waals surface area contributed by atoms with Crippen molar-refractivity contribution in [3.63, 3.8) is 0 Å². The third kappa shape index (κ3) is 1.96. The first kappa shape index (κ1) is 12.7. The van der Waals surface area contributed by atoms with Crippen LogP contribution in [0.1, 0.15) is 5.76 Å². The van der Waals surface area contributed by atoms with Crippen LogP contribution in [0.3, 0.4) is 0 Å². The third-order valence-electron chi connectivity index (χ3n) is 3.48. The summed E-state index contributed by atoms with van der Waals surface area (Å²) in [5.41, 5.74) is 3.70. The highest BCUT2D eigenvalue weighted by molar-refractivity contribution is 5.94. The van der Waals surface area contributed by atoms with Crippen molar-refractivity contribution >= 4 is 11.1 Å². The lowest BCUT2D eigenvalue weighted by atomic mass is 10.0. The Labute approximate surface area is 124 Å². The maximum Gasteiger partial charge on any atom is 0.229 e. The fourth-order valence-electron chi connectivity index (χ4n) is 2.49. The van der Waals surface area contributed by atoms with E-state index in [2.05, 4.69) is 20.2 Å². The van der Waals surface area contributed by atoms with Gasteiger partial charge in [0.1, 0.15) is 17.9 Å². The Kier molecular flexibility index (Phi) is 2.75. The molecule has 22 heavy (non-hydrogen) atoms. The van der Waals surface area contributed by atoms with Gasteiger partial charge in [-0.1, -0.05) is 0 Å². The number of hydrogen-bond donors (Lipinski definition) is 1. The van der Waals surface area contributed by atoms with E-state index in [1.165, 1.54) is 18.5 Å². The molecule has 0 saturated carbocycles. The van der Waals surface area contributed by atoms with Gasteiger partial charge in [-0.05, 0) is 37.3 Å². The second-order valence-electron chi connectivity index (χ2n) is 4.96. The second kappa shape index (κ2) is 4.77. The van der Waals surface area contributed by atoms with Crippen molar-refractivity contribution in [1.82, 2.24) is 20.2 Å². The molecule has 4 rings (SSSR count). The number of rotatable bonds is 2. The molecule has 3 aromatic heterocycles. The predicted molar refractivity (Wildman–Crippen MR) is 79.5 cm³/mol. The molecular formula is C16H11FN4O. The molecule has 3 heterocycles. The molecule has 0 aliphatic carbocycles. The SMILES string of the molecule is Cc1cc2c(-c3cn[nH]c3-c3ccc(F)cc3)ncnc2o1. The Morgan fingerprint density at radius 3 is 2.77 bits per heavy atom. The van der Waals surface area contributed by atoms with Crippen molar-refractivity contribution in [3.8, 4) is 22.5 Å². The summed E-state index contributed by atoms with van der Waals surface area (Å²) in [4.78, 5) is 8.49. The van der Waals surface area contributed by atoms with Crippen LogP contribution in [0.15, 0.2) is 47.3 Å². The molecule has 0 fully saturated rings. The van der Waals surface area contributed by atoms with Gasteiger partial charge in [-0.2, -0.15) is 5.10 Å². The zero-order chi connectivity index (χ0) is 15.1. The average molecular weight is 294 g/mol. The molecule has 6 heteroatoms. The van der Waals surface area contributed by atoms with Gasteiger partial charge in [-0.25, -0.2) is 14.4 Å². The molecule has 5 nitrogen and oxygen atoms in total. The fourth-order valence-corrected chi connectivity index (χ4v) is 2.49. The Morgan fingerprint density at radius 1 is 1.14 bits per heavy atom. The van der Waals surface area contributed by atoms with E-state index < -0.39 is 0 Å². The van der Waals surface area contributed by atoms with E-state index in [-0.39, 0.29) is 5.82 Å². The molecule has 0 aliphatic heterocycles. The molecule has 0 amide bonds. The molecule has 1 N–H and O–H groups in total. The van der Waals surface area contributed by atoms with Gasteiger partial charge in [0.05, 0.1) is 23.0 Å². The Hall–Kier alpha value is -3.02. The van der Waals surface area contributed by atoms with Gasteiger partial charge in [0.25, 0.3) is 0 Å². The summed E-state index contributed by atoms with van der Waals surface area (Å²) in [5, 5.41) is 7.87. The molecule has 1 aromatic carbocycles. The monoisotopic (exact) mass is 294 g/mol. The minimum Gasteiger partial charge on any atom is -0.443 e. The summed E-state index contributed by atoms with van der Waals surface area (Å²) < 4.78 is 18.6. The normalized spacial score (nSPS) is 11.2. The lowest BCUT2D eigenvalue weighted by molar-refractivity contribution is 0.567. The van der Waals surface area contributed by atoms with Crippen LogP contribution in [0.2, 0.25) is 0 Å². The van der Waals surface area contributed by atoms with E-state index in [9.17, 15) is 4.39 Å². The molecule has 108 valence electrons. The molecule has 0 aliphatic rings.